The van der Waals surface area contributed by atoms with Gasteiger partial charge in [-0.3, -0.25) is 0 Å². The molecular weight excluding hydrogens is 307 g/mol. The zero-order valence-electron chi connectivity index (χ0n) is 11.4. The fourth-order valence-corrected chi connectivity index (χ4v) is 3.45. The Labute approximate surface area is 123 Å². The second-order valence-electron chi connectivity index (χ2n) is 5.64. The molecule has 1 aromatic carbocycles. The summed E-state index contributed by atoms with van der Waals surface area (Å²) in [5.74, 6) is 1.26. The van der Waals surface area contributed by atoms with E-state index in [-0.39, 0.29) is 11.9 Å². The second kappa shape index (κ2) is 7.39. The molecule has 0 heterocycles. The van der Waals surface area contributed by atoms with Crippen LogP contribution in [0, 0.1) is 17.7 Å². The molecule has 0 bridgehead atoms. The molecule has 2 rings (SSSR count). The van der Waals surface area contributed by atoms with Crippen LogP contribution in [0.3, 0.4) is 0 Å². The van der Waals surface area contributed by atoms with E-state index in [1.165, 1.54) is 31.7 Å². The largest absolute Gasteiger partial charge is 0.372 e. The molecule has 106 valence electrons. The SMILES string of the molecule is CC1CCCC(COC(CBr)c2ccccc2F)C1. The first-order chi connectivity index (χ1) is 9.20. The van der Waals surface area contributed by atoms with Crippen molar-refractivity contribution in [3.05, 3.63) is 35.6 Å². The third-order valence-corrected chi connectivity index (χ3v) is 4.56. The summed E-state index contributed by atoms with van der Waals surface area (Å²) < 4.78 is 19.7. The van der Waals surface area contributed by atoms with E-state index in [9.17, 15) is 4.39 Å². The molecule has 3 atom stereocenters. The summed E-state index contributed by atoms with van der Waals surface area (Å²) in [4.78, 5) is 0. The Kier molecular flexibility index (Phi) is 5.83. The van der Waals surface area contributed by atoms with Gasteiger partial charge in [0.1, 0.15) is 5.82 Å². The average Bonchev–Trinajstić information content (AvgIpc) is 2.41. The lowest BCUT2D eigenvalue weighted by Crippen LogP contribution is -2.20. The van der Waals surface area contributed by atoms with Crippen molar-refractivity contribution in [2.75, 3.05) is 11.9 Å². The third-order valence-electron chi connectivity index (χ3n) is 3.97. The van der Waals surface area contributed by atoms with Crippen LogP contribution in [0.2, 0.25) is 0 Å². The number of benzene rings is 1. The first-order valence-corrected chi connectivity index (χ1v) is 8.24. The summed E-state index contributed by atoms with van der Waals surface area (Å²) in [5, 5.41) is 0.635. The predicted molar refractivity (Wildman–Crippen MR) is 80.0 cm³/mol. The zero-order chi connectivity index (χ0) is 13.7. The monoisotopic (exact) mass is 328 g/mol. The fourth-order valence-electron chi connectivity index (χ4n) is 2.92. The third kappa shape index (κ3) is 4.28. The Morgan fingerprint density at radius 2 is 2.16 bits per heavy atom. The van der Waals surface area contributed by atoms with Gasteiger partial charge in [-0.1, -0.05) is 53.9 Å². The van der Waals surface area contributed by atoms with Crippen LogP contribution in [0.4, 0.5) is 4.39 Å². The molecule has 1 aromatic rings. The summed E-state index contributed by atoms with van der Waals surface area (Å²) in [7, 11) is 0. The second-order valence-corrected chi connectivity index (χ2v) is 6.28. The van der Waals surface area contributed by atoms with Gasteiger partial charge in [0, 0.05) is 10.9 Å². The van der Waals surface area contributed by atoms with Crippen molar-refractivity contribution in [1.29, 1.82) is 0 Å². The molecule has 1 aliphatic rings. The molecule has 3 heteroatoms. The Hall–Kier alpha value is -0.410. The van der Waals surface area contributed by atoms with Crippen molar-refractivity contribution in [3.63, 3.8) is 0 Å². The van der Waals surface area contributed by atoms with E-state index < -0.39 is 0 Å². The summed E-state index contributed by atoms with van der Waals surface area (Å²) >= 11 is 3.43. The lowest BCUT2D eigenvalue weighted by Gasteiger charge is -2.28. The number of hydrogen-bond donors (Lipinski definition) is 0. The molecule has 0 spiro atoms. The highest BCUT2D eigenvalue weighted by atomic mass is 79.9. The van der Waals surface area contributed by atoms with Crippen LogP contribution in [0.5, 0.6) is 0 Å². The molecule has 0 aliphatic heterocycles. The fraction of sp³-hybridized carbons (Fsp3) is 0.625. The molecule has 0 aromatic heterocycles. The summed E-state index contributed by atoms with van der Waals surface area (Å²) in [6.45, 7) is 3.06. The zero-order valence-corrected chi connectivity index (χ0v) is 13.0. The molecule has 0 amide bonds. The minimum Gasteiger partial charge on any atom is -0.372 e. The number of ether oxygens (including phenoxy) is 1. The van der Waals surface area contributed by atoms with Gasteiger partial charge < -0.3 is 4.74 Å². The predicted octanol–water partition coefficient (Wildman–Crippen LogP) is 5.10. The van der Waals surface area contributed by atoms with Gasteiger partial charge in [-0.25, -0.2) is 4.39 Å². The molecular formula is C16H22BrFO. The van der Waals surface area contributed by atoms with E-state index >= 15 is 0 Å². The van der Waals surface area contributed by atoms with Crippen molar-refractivity contribution in [2.45, 2.75) is 38.7 Å². The lowest BCUT2D eigenvalue weighted by atomic mass is 9.83. The van der Waals surface area contributed by atoms with Gasteiger partial charge in [-0.05, 0) is 30.7 Å². The number of halogens is 2. The first kappa shape index (κ1) is 15.0. The molecule has 3 unspecified atom stereocenters. The Morgan fingerprint density at radius 3 is 2.84 bits per heavy atom. The maximum absolute atomic E-state index is 13.8. The molecule has 1 fully saturated rings. The molecule has 1 nitrogen and oxygen atoms in total. The van der Waals surface area contributed by atoms with Crippen LogP contribution in [-0.4, -0.2) is 11.9 Å². The molecule has 0 radical (unpaired) electrons. The Balaban J connectivity index is 1.91. The van der Waals surface area contributed by atoms with E-state index in [1.807, 2.05) is 12.1 Å². The smallest absolute Gasteiger partial charge is 0.129 e. The van der Waals surface area contributed by atoms with Crippen molar-refractivity contribution >= 4 is 15.9 Å². The highest BCUT2D eigenvalue weighted by Crippen LogP contribution is 2.31. The van der Waals surface area contributed by atoms with Crippen molar-refractivity contribution in [2.24, 2.45) is 11.8 Å². The van der Waals surface area contributed by atoms with Gasteiger partial charge in [-0.2, -0.15) is 0 Å². The lowest BCUT2D eigenvalue weighted by molar-refractivity contribution is 0.0263. The van der Waals surface area contributed by atoms with Crippen LogP contribution in [-0.2, 0) is 4.74 Å². The van der Waals surface area contributed by atoms with Gasteiger partial charge in [0.05, 0.1) is 12.7 Å². The van der Waals surface area contributed by atoms with Gasteiger partial charge in [0.2, 0.25) is 0 Å². The maximum Gasteiger partial charge on any atom is 0.129 e. The highest BCUT2D eigenvalue weighted by Gasteiger charge is 2.21. The van der Waals surface area contributed by atoms with Crippen LogP contribution in [0.25, 0.3) is 0 Å². The molecule has 0 N–H and O–H groups in total. The minimum absolute atomic E-state index is 0.177. The normalized spacial score (nSPS) is 25.2. The number of rotatable bonds is 5. The Morgan fingerprint density at radius 1 is 1.37 bits per heavy atom. The van der Waals surface area contributed by atoms with E-state index in [4.69, 9.17) is 4.74 Å². The Bertz CT molecular complexity index is 396. The standard InChI is InChI=1S/C16H22BrFO/c1-12-5-4-6-13(9-12)11-19-16(10-17)14-7-2-3-8-15(14)18/h2-3,7-8,12-13,16H,4-6,9-11H2,1H3. The topological polar surface area (TPSA) is 9.23 Å². The van der Waals surface area contributed by atoms with Gasteiger partial charge >= 0.3 is 0 Å². The molecule has 19 heavy (non-hydrogen) atoms. The summed E-state index contributed by atoms with van der Waals surface area (Å²) in [5.41, 5.74) is 0.656. The summed E-state index contributed by atoms with van der Waals surface area (Å²) in [6, 6.07) is 6.88. The number of alkyl halides is 1. The van der Waals surface area contributed by atoms with Crippen LogP contribution < -0.4 is 0 Å². The van der Waals surface area contributed by atoms with Crippen molar-refractivity contribution < 1.29 is 9.13 Å². The molecule has 1 aliphatic carbocycles. The highest BCUT2D eigenvalue weighted by molar-refractivity contribution is 9.09. The van der Waals surface area contributed by atoms with E-state index in [1.54, 1.807) is 6.07 Å². The van der Waals surface area contributed by atoms with E-state index in [0.717, 1.165) is 12.5 Å². The van der Waals surface area contributed by atoms with Gasteiger partial charge in [-0.15, -0.1) is 0 Å². The number of hydrogen-bond acceptors (Lipinski definition) is 1. The van der Waals surface area contributed by atoms with Crippen molar-refractivity contribution in [3.8, 4) is 0 Å². The van der Waals surface area contributed by atoms with E-state index in [2.05, 4.69) is 22.9 Å². The van der Waals surface area contributed by atoms with Crippen molar-refractivity contribution in [1.82, 2.24) is 0 Å². The average molecular weight is 329 g/mol. The first-order valence-electron chi connectivity index (χ1n) is 7.12. The quantitative estimate of drug-likeness (QED) is 0.683. The van der Waals surface area contributed by atoms with Gasteiger partial charge in [0.15, 0.2) is 0 Å². The minimum atomic E-state index is -0.182. The van der Waals surface area contributed by atoms with Crippen LogP contribution in [0.1, 0.15) is 44.3 Å². The summed E-state index contributed by atoms with van der Waals surface area (Å²) in [6.07, 6.45) is 4.95. The van der Waals surface area contributed by atoms with Crippen LogP contribution >= 0.6 is 15.9 Å². The van der Waals surface area contributed by atoms with Gasteiger partial charge in [0.25, 0.3) is 0 Å². The van der Waals surface area contributed by atoms with E-state index in [0.29, 0.717) is 16.8 Å². The van der Waals surface area contributed by atoms with Crippen LogP contribution in [0.15, 0.2) is 24.3 Å². The maximum atomic E-state index is 13.8. The molecule has 0 saturated heterocycles. The molecule has 1 saturated carbocycles.